The van der Waals surface area contributed by atoms with Gasteiger partial charge in [0.15, 0.2) is 11.5 Å². The zero-order chi connectivity index (χ0) is 16.2. The smallest absolute Gasteiger partial charge is 0.161 e. The van der Waals surface area contributed by atoms with E-state index in [4.69, 9.17) is 9.47 Å². The normalized spacial score (nSPS) is 10.6. The molecule has 0 spiro atoms. The minimum Gasteiger partial charge on any atom is -0.493 e. The van der Waals surface area contributed by atoms with E-state index in [1.807, 2.05) is 42.7 Å². The Kier molecular flexibility index (Phi) is 4.67. The molecule has 118 valence electrons. The summed E-state index contributed by atoms with van der Waals surface area (Å²) in [5.41, 5.74) is 2.20. The molecule has 0 saturated heterocycles. The number of rotatable bonds is 5. The second kappa shape index (κ2) is 6.87. The van der Waals surface area contributed by atoms with E-state index in [2.05, 4.69) is 37.6 Å². The molecule has 0 atom stereocenters. The third kappa shape index (κ3) is 3.40. The molecule has 3 rings (SSSR count). The van der Waals surface area contributed by atoms with Crippen LogP contribution in [0.25, 0.3) is 11.4 Å². The van der Waals surface area contributed by atoms with Gasteiger partial charge in [0.1, 0.15) is 5.82 Å². The van der Waals surface area contributed by atoms with Crippen LogP contribution in [0.5, 0.6) is 11.5 Å². The lowest BCUT2D eigenvalue weighted by atomic mass is 10.1. The second-order valence-corrected chi connectivity index (χ2v) is 5.99. The van der Waals surface area contributed by atoms with Crippen molar-refractivity contribution < 1.29 is 9.47 Å². The maximum Gasteiger partial charge on any atom is 0.161 e. The van der Waals surface area contributed by atoms with Crippen LogP contribution in [-0.2, 0) is 6.54 Å². The van der Waals surface area contributed by atoms with Gasteiger partial charge in [0.25, 0.3) is 0 Å². The van der Waals surface area contributed by atoms with Gasteiger partial charge in [-0.3, -0.25) is 0 Å². The molecule has 2 aromatic carbocycles. The summed E-state index contributed by atoms with van der Waals surface area (Å²) in [6, 6.07) is 14.1. The molecule has 0 aliphatic rings. The number of aromatic nitrogens is 2. The monoisotopic (exact) mass is 372 g/mol. The molecule has 1 aromatic heterocycles. The van der Waals surface area contributed by atoms with Crippen molar-refractivity contribution in [3.8, 4) is 22.9 Å². The van der Waals surface area contributed by atoms with Crippen LogP contribution >= 0.6 is 15.9 Å². The van der Waals surface area contributed by atoms with Gasteiger partial charge in [-0.1, -0.05) is 28.1 Å². The first-order chi connectivity index (χ1) is 11.2. The minimum absolute atomic E-state index is 0.696. The summed E-state index contributed by atoms with van der Waals surface area (Å²) in [5.74, 6) is 2.30. The van der Waals surface area contributed by atoms with Crippen molar-refractivity contribution in [3.05, 3.63) is 64.9 Å². The summed E-state index contributed by atoms with van der Waals surface area (Å²) in [4.78, 5) is 4.49. The number of ether oxygens (including phenoxy) is 2. The molecular formula is C18H17BrN2O2. The van der Waals surface area contributed by atoms with Gasteiger partial charge < -0.3 is 14.0 Å². The van der Waals surface area contributed by atoms with Crippen molar-refractivity contribution in [1.82, 2.24) is 9.55 Å². The van der Waals surface area contributed by atoms with Gasteiger partial charge in [0.2, 0.25) is 0 Å². The molecule has 0 unspecified atom stereocenters. The molecule has 5 heteroatoms. The number of halogens is 1. The van der Waals surface area contributed by atoms with Crippen LogP contribution in [0.4, 0.5) is 0 Å². The van der Waals surface area contributed by atoms with Crippen LogP contribution in [0, 0.1) is 0 Å². The molecule has 0 saturated carbocycles. The van der Waals surface area contributed by atoms with Gasteiger partial charge in [-0.2, -0.15) is 0 Å². The number of methoxy groups -OCH3 is 2. The molecule has 0 aliphatic heterocycles. The van der Waals surface area contributed by atoms with Crippen LogP contribution in [0.15, 0.2) is 59.3 Å². The van der Waals surface area contributed by atoms with Crippen LogP contribution < -0.4 is 9.47 Å². The molecule has 0 bridgehead atoms. The van der Waals surface area contributed by atoms with Crippen molar-refractivity contribution in [3.63, 3.8) is 0 Å². The van der Waals surface area contributed by atoms with E-state index in [1.165, 1.54) is 5.56 Å². The summed E-state index contributed by atoms with van der Waals surface area (Å²) < 4.78 is 13.9. The lowest BCUT2D eigenvalue weighted by Crippen LogP contribution is -2.01. The van der Waals surface area contributed by atoms with Crippen LogP contribution in [0.2, 0.25) is 0 Å². The SMILES string of the molecule is COc1ccc(-c2nccn2Cc2cccc(Br)c2)cc1OC. The summed E-state index contributed by atoms with van der Waals surface area (Å²) in [5, 5.41) is 0. The Balaban J connectivity index is 1.94. The first kappa shape index (κ1) is 15.6. The maximum atomic E-state index is 5.38. The highest BCUT2D eigenvalue weighted by atomic mass is 79.9. The number of hydrogen-bond acceptors (Lipinski definition) is 3. The Morgan fingerprint density at radius 2 is 1.87 bits per heavy atom. The average Bonchev–Trinajstić information content (AvgIpc) is 3.02. The fourth-order valence-corrected chi connectivity index (χ4v) is 2.95. The number of hydrogen-bond donors (Lipinski definition) is 0. The van der Waals surface area contributed by atoms with Crippen LogP contribution in [0.1, 0.15) is 5.56 Å². The van der Waals surface area contributed by atoms with Gasteiger partial charge in [0.05, 0.1) is 14.2 Å². The summed E-state index contributed by atoms with van der Waals surface area (Å²) in [6.45, 7) is 0.753. The standard InChI is InChI=1S/C18H17BrN2O2/c1-22-16-7-6-14(11-17(16)23-2)18-20-8-9-21(18)12-13-4-3-5-15(19)10-13/h3-11H,12H2,1-2H3. The van der Waals surface area contributed by atoms with Crippen molar-refractivity contribution in [2.75, 3.05) is 14.2 Å². The number of nitrogens with zero attached hydrogens (tertiary/aromatic N) is 2. The Bertz CT molecular complexity index is 814. The van der Waals surface area contributed by atoms with E-state index in [-0.39, 0.29) is 0 Å². The Hall–Kier alpha value is -2.27. The third-order valence-electron chi connectivity index (χ3n) is 3.60. The van der Waals surface area contributed by atoms with Gasteiger partial charge in [0, 0.05) is 29.0 Å². The lowest BCUT2D eigenvalue weighted by Gasteiger charge is -2.11. The van der Waals surface area contributed by atoms with E-state index >= 15 is 0 Å². The summed E-state index contributed by atoms with van der Waals surface area (Å²) in [6.07, 6.45) is 3.79. The van der Waals surface area contributed by atoms with Crippen LogP contribution in [0.3, 0.4) is 0 Å². The Morgan fingerprint density at radius 1 is 1.04 bits per heavy atom. The zero-order valence-electron chi connectivity index (χ0n) is 13.0. The minimum atomic E-state index is 0.696. The van der Waals surface area contributed by atoms with E-state index < -0.39 is 0 Å². The van der Waals surface area contributed by atoms with Gasteiger partial charge >= 0.3 is 0 Å². The highest BCUT2D eigenvalue weighted by Crippen LogP contribution is 2.31. The van der Waals surface area contributed by atoms with Crippen LogP contribution in [-0.4, -0.2) is 23.8 Å². The van der Waals surface area contributed by atoms with Crippen molar-refractivity contribution in [2.45, 2.75) is 6.54 Å². The third-order valence-corrected chi connectivity index (χ3v) is 4.09. The summed E-state index contributed by atoms with van der Waals surface area (Å²) in [7, 11) is 3.27. The first-order valence-corrected chi connectivity index (χ1v) is 7.98. The predicted octanol–water partition coefficient (Wildman–Crippen LogP) is 4.38. The van der Waals surface area contributed by atoms with E-state index in [0.717, 1.165) is 22.4 Å². The Labute approximate surface area is 143 Å². The van der Waals surface area contributed by atoms with Gasteiger partial charge in [-0.15, -0.1) is 0 Å². The molecule has 0 fully saturated rings. The lowest BCUT2D eigenvalue weighted by molar-refractivity contribution is 0.355. The molecule has 4 nitrogen and oxygen atoms in total. The number of imidazole rings is 1. The maximum absolute atomic E-state index is 5.38. The van der Waals surface area contributed by atoms with Crippen molar-refractivity contribution in [2.24, 2.45) is 0 Å². The van der Waals surface area contributed by atoms with Crippen molar-refractivity contribution in [1.29, 1.82) is 0 Å². The fourth-order valence-electron chi connectivity index (χ4n) is 2.50. The van der Waals surface area contributed by atoms with Gasteiger partial charge in [-0.05, 0) is 35.9 Å². The topological polar surface area (TPSA) is 36.3 Å². The first-order valence-electron chi connectivity index (χ1n) is 7.19. The molecule has 23 heavy (non-hydrogen) atoms. The largest absolute Gasteiger partial charge is 0.493 e. The molecule has 0 aliphatic carbocycles. The Morgan fingerprint density at radius 3 is 2.61 bits per heavy atom. The van der Waals surface area contributed by atoms with E-state index in [0.29, 0.717) is 11.5 Å². The average molecular weight is 373 g/mol. The molecule has 0 N–H and O–H groups in total. The molecular weight excluding hydrogens is 356 g/mol. The van der Waals surface area contributed by atoms with E-state index in [9.17, 15) is 0 Å². The highest BCUT2D eigenvalue weighted by Gasteiger charge is 2.11. The quantitative estimate of drug-likeness (QED) is 0.666. The van der Waals surface area contributed by atoms with Crippen molar-refractivity contribution >= 4 is 15.9 Å². The molecule has 1 heterocycles. The molecule has 3 aromatic rings. The van der Waals surface area contributed by atoms with Gasteiger partial charge in [-0.25, -0.2) is 4.98 Å². The fraction of sp³-hybridized carbons (Fsp3) is 0.167. The number of benzene rings is 2. The highest BCUT2D eigenvalue weighted by molar-refractivity contribution is 9.10. The zero-order valence-corrected chi connectivity index (χ0v) is 14.6. The molecule has 0 amide bonds. The second-order valence-electron chi connectivity index (χ2n) is 5.08. The molecule has 0 radical (unpaired) electrons. The predicted molar refractivity (Wildman–Crippen MR) is 94.0 cm³/mol. The summed E-state index contributed by atoms with van der Waals surface area (Å²) >= 11 is 3.51. The van der Waals surface area contributed by atoms with E-state index in [1.54, 1.807) is 14.2 Å².